The molecular formula is C11H22N2O. The summed E-state index contributed by atoms with van der Waals surface area (Å²) in [7, 11) is 1.79. The van der Waals surface area contributed by atoms with Crippen molar-refractivity contribution in [3.8, 4) is 0 Å². The minimum Gasteiger partial charge on any atom is -0.385 e. The summed E-state index contributed by atoms with van der Waals surface area (Å²) >= 11 is 0. The molecule has 0 aromatic rings. The Balaban J connectivity index is 1.84. The average molecular weight is 198 g/mol. The van der Waals surface area contributed by atoms with Gasteiger partial charge >= 0.3 is 0 Å². The summed E-state index contributed by atoms with van der Waals surface area (Å²) in [5.74, 6) is 0. The number of methoxy groups -OCH3 is 1. The molecule has 82 valence electrons. The average Bonchev–Trinajstić information content (AvgIpc) is 2.80. The first kappa shape index (κ1) is 10.4. The van der Waals surface area contributed by atoms with Crippen LogP contribution in [0.15, 0.2) is 0 Å². The van der Waals surface area contributed by atoms with Crippen molar-refractivity contribution in [2.75, 3.05) is 39.9 Å². The molecule has 3 nitrogen and oxygen atoms in total. The van der Waals surface area contributed by atoms with Crippen molar-refractivity contribution in [1.82, 2.24) is 10.2 Å². The van der Waals surface area contributed by atoms with E-state index < -0.39 is 0 Å². The van der Waals surface area contributed by atoms with E-state index in [0.29, 0.717) is 5.54 Å². The van der Waals surface area contributed by atoms with Crippen LogP contribution in [0.3, 0.4) is 0 Å². The molecule has 2 heterocycles. The Hall–Kier alpha value is -0.120. The largest absolute Gasteiger partial charge is 0.385 e. The van der Waals surface area contributed by atoms with Gasteiger partial charge in [0.15, 0.2) is 0 Å². The zero-order chi connectivity index (χ0) is 9.86. The number of rotatable bonds is 4. The van der Waals surface area contributed by atoms with Gasteiger partial charge in [0.2, 0.25) is 0 Å². The summed E-state index contributed by atoms with van der Waals surface area (Å²) in [5.41, 5.74) is 0.522. The van der Waals surface area contributed by atoms with Crippen LogP contribution in [-0.2, 0) is 4.74 Å². The third kappa shape index (κ3) is 1.95. The molecule has 0 aromatic carbocycles. The van der Waals surface area contributed by atoms with Crippen molar-refractivity contribution in [2.45, 2.75) is 31.2 Å². The lowest BCUT2D eigenvalue weighted by molar-refractivity contribution is 0.127. The smallest absolute Gasteiger partial charge is 0.0474 e. The topological polar surface area (TPSA) is 24.5 Å². The van der Waals surface area contributed by atoms with E-state index in [9.17, 15) is 0 Å². The molecule has 0 radical (unpaired) electrons. The van der Waals surface area contributed by atoms with Gasteiger partial charge in [-0.1, -0.05) is 0 Å². The molecule has 1 unspecified atom stereocenters. The van der Waals surface area contributed by atoms with E-state index in [1.807, 2.05) is 0 Å². The molecule has 2 rings (SSSR count). The van der Waals surface area contributed by atoms with Crippen molar-refractivity contribution in [3.63, 3.8) is 0 Å². The van der Waals surface area contributed by atoms with Crippen LogP contribution in [-0.4, -0.2) is 50.3 Å². The van der Waals surface area contributed by atoms with Gasteiger partial charge in [-0.05, 0) is 38.8 Å². The number of likely N-dealkylation sites (tertiary alicyclic amines) is 1. The van der Waals surface area contributed by atoms with Crippen molar-refractivity contribution < 1.29 is 4.74 Å². The molecule has 0 aromatic heterocycles. The second-order valence-electron chi connectivity index (χ2n) is 4.59. The minimum atomic E-state index is 0.522. The SMILES string of the molecule is COCCCN1CCCC12CCNC2. The number of ether oxygens (including phenoxy) is 1. The third-order valence-corrected chi connectivity index (χ3v) is 3.74. The molecule has 2 saturated heterocycles. The predicted molar refractivity (Wildman–Crippen MR) is 57.5 cm³/mol. The number of hydrogen-bond donors (Lipinski definition) is 1. The Kier molecular flexibility index (Phi) is 3.42. The van der Waals surface area contributed by atoms with E-state index in [1.165, 1.54) is 51.9 Å². The van der Waals surface area contributed by atoms with E-state index in [4.69, 9.17) is 4.74 Å². The summed E-state index contributed by atoms with van der Waals surface area (Å²) < 4.78 is 5.11. The van der Waals surface area contributed by atoms with Crippen LogP contribution in [0.1, 0.15) is 25.7 Å². The fourth-order valence-corrected chi connectivity index (χ4v) is 2.96. The lowest BCUT2D eigenvalue weighted by atomic mass is 9.95. The molecule has 3 heteroatoms. The van der Waals surface area contributed by atoms with Crippen LogP contribution in [0.5, 0.6) is 0 Å². The quantitative estimate of drug-likeness (QED) is 0.678. The highest BCUT2D eigenvalue weighted by Crippen LogP contribution is 2.34. The van der Waals surface area contributed by atoms with Crippen LogP contribution in [0.2, 0.25) is 0 Å². The van der Waals surface area contributed by atoms with Gasteiger partial charge in [0.05, 0.1) is 0 Å². The van der Waals surface area contributed by atoms with Crippen molar-refractivity contribution in [1.29, 1.82) is 0 Å². The van der Waals surface area contributed by atoms with E-state index in [-0.39, 0.29) is 0 Å². The lowest BCUT2D eigenvalue weighted by Gasteiger charge is -2.34. The second kappa shape index (κ2) is 4.60. The Morgan fingerprint density at radius 2 is 2.36 bits per heavy atom. The van der Waals surface area contributed by atoms with E-state index in [0.717, 1.165) is 6.61 Å². The summed E-state index contributed by atoms with van der Waals surface area (Å²) in [4.78, 5) is 2.69. The van der Waals surface area contributed by atoms with E-state index >= 15 is 0 Å². The summed E-state index contributed by atoms with van der Waals surface area (Å²) in [6.07, 6.45) is 5.31. The number of hydrogen-bond acceptors (Lipinski definition) is 3. The maximum atomic E-state index is 5.11. The molecule has 1 atom stereocenters. The van der Waals surface area contributed by atoms with E-state index in [1.54, 1.807) is 7.11 Å². The molecule has 14 heavy (non-hydrogen) atoms. The molecular weight excluding hydrogens is 176 g/mol. The van der Waals surface area contributed by atoms with E-state index in [2.05, 4.69) is 10.2 Å². The zero-order valence-electron chi connectivity index (χ0n) is 9.22. The van der Waals surface area contributed by atoms with Gasteiger partial charge in [0, 0.05) is 32.3 Å². The van der Waals surface area contributed by atoms with Crippen molar-refractivity contribution in [3.05, 3.63) is 0 Å². The molecule has 0 bridgehead atoms. The standard InChI is InChI=1S/C11H22N2O/c1-14-9-3-8-13-7-2-4-11(13)5-6-12-10-11/h12H,2-10H2,1H3. The van der Waals surface area contributed by atoms with Gasteiger partial charge in [-0.2, -0.15) is 0 Å². The monoisotopic (exact) mass is 198 g/mol. The Morgan fingerprint density at radius 1 is 1.43 bits per heavy atom. The van der Waals surface area contributed by atoms with Crippen LogP contribution >= 0.6 is 0 Å². The highest BCUT2D eigenvalue weighted by Gasteiger charge is 2.42. The maximum absolute atomic E-state index is 5.11. The first-order valence-electron chi connectivity index (χ1n) is 5.82. The van der Waals surface area contributed by atoms with Gasteiger partial charge in [-0.3, -0.25) is 4.90 Å². The lowest BCUT2D eigenvalue weighted by Crippen LogP contribution is -2.46. The maximum Gasteiger partial charge on any atom is 0.0474 e. The molecule has 1 N–H and O–H groups in total. The fourth-order valence-electron chi connectivity index (χ4n) is 2.96. The molecule has 1 spiro atoms. The first-order chi connectivity index (χ1) is 6.87. The third-order valence-electron chi connectivity index (χ3n) is 3.74. The van der Waals surface area contributed by atoms with Crippen LogP contribution < -0.4 is 5.32 Å². The molecule has 0 saturated carbocycles. The van der Waals surface area contributed by atoms with Crippen LogP contribution in [0, 0.1) is 0 Å². The van der Waals surface area contributed by atoms with Crippen LogP contribution in [0.4, 0.5) is 0 Å². The normalized spacial score (nSPS) is 33.2. The molecule has 0 amide bonds. The zero-order valence-corrected chi connectivity index (χ0v) is 9.22. The predicted octanol–water partition coefficient (Wildman–Crippen LogP) is 0.851. The van der Waals surface area contributed by atoms with Crippen LogP contribution in [0.25, 0.3) is 0 Å². The van der Waals surface area contributed by atoms with Gasteiger partial charge in [0.1, 0.15) is 0 Å². The number of nitrogens with zero attached hydrogens (tertiary/aromatic N) is 1. The molecule has 2 aliphatic rings. The molecule has 2 fully saturated rings. The highest BCUT2D eigenvalue weighted by atomic mass is 16.5. The Morgan fingerprint density at radius 3 is 3.07 bits per heavy atom. The second-order valence-corrected chi connectivity index (χ2v) is 4.59. The summed E-state index contributed by atoms with van der Waals surface area (Å²) in [5, 5.41) is 3.50. The Bertz CT molecular complexity index is 173. The summed E-state index contributed by atoms with van der Waals surface area (Å²) in [6.45, 7) is 5.84. The minimum absolute atomic E-state index is 0.522. The Labute approximate surface area is 86.8 Å². The van der Waals surface area contributed by atoms with Crippen molar-refractivity contribution in [2.24, 2.45) is 0 Å². The van der Waals surface area contributed by atoms with Gasteiger partial charge < -0.3 is 10.1 Å². The summed E-state index contributed by atoms with van der Waals surface area (Å²) in [6, 6.07) is 0. The highest BCUT2D eigenvalue weighted by molar-refractivity contribution is 5.01. The van der Waals surface area contributed by atoms with Gasteiger partial charge in [0.25, 0.3) is 0 Å². The van der Waals surface area contributed by atoms with Gasteiger partial charge in [-0.25, -0.2) is 0 Å². The fraction of sp³-hybridized carbons (Fsp3) is 1.00. The molecule has 2 aliphatic heterocycles. The van der Waals surface area contributed by atoms with Gasteiger partial charge in [-0.15, -0.1) is 0 Å². The van der Waals surface area contributed by atoms with Crippen molar-refractivity contribution >= 4 is 0 Å². The first-order valence-corrected chi connectivity index (χ1v) is 5.82. The molecule has 0 aliphatic carbocycles. The number of nitrogens with one attached hydrogen (secondary N) is 1.